The molecule has 0 atom stereocenters. The van der Waals surface area contributed by atoms with Crippen LogP contribution in [0.4, 0.5) is 0 Å². The molecule has 1 aliphatic heterocycles. The fourth-order valence-corrected chi connectivity index (χ4v) is 4.40. The van der Waals surface area contributed by atoms with Crippen molar-refractivity contribution in [3.8, 4) is 11.5 Å². The van der Waals surface area contributed by atoms with Crippen molar-refractivity contribution in [2.24, 2.45) is 4.99 Å². The Bertz CT molecular complexity index is 1400. The predicted octanol–water partition coefficient (Wildman–Crippen LogP) is 7.37. The molecule has 6 nitrogen and oxygen atoms in total. The van der Waals surface area contributed by atoms with Crippen molar-refractivity contribution in [3.63, 3.8) is 0 Å². The summed E-state index contributed by atoms with van der Waals surface area (Å²) in [6.07, 6.45) is 1.52. The predicted molar refractivity (Wildman–Crippen MR) is 139 cm³/mol. The Morgan fingerprint density at radius 1 is 1.09 bits per heavy atom. The molecule has 3 aromatic carbocycles. The number of carbonyl (C=O) groups excluding carboxylic acids is 2. The third kappa shape index (κ3) is 5.70. The zero-order valence-electron chi connectivity index (χ0n) is 18.0. The molecule has 4 rings (SSSR count). The molecule has 0 aromatic heterocycles. The molecule has 10 heteroatoms. The second-order valence-electron chi connectivity index (χ2n) is 7.09. The lowest BCUT2D eigenvalue weighted by atomic mass is 10.1. The van der Waals surface area contributed by atoms with Gasteiger partial charge in [-0.25, -0.2) is 14.6 Å². The number of carbonyl (C=O) groups is 2. The highest BCUT2D eigenvalue weighted by molar-refractivity contribution is 9.10. The number of esters is 2. The first-order valence-corrected chi connectivity index (χ1v) is 12.1. The standard InChI is InChI=1S/C25H15BrCl3NO5/c1-2-33-21-11-13(9-17(26)22(21)34-24(31)16-5-3-4-6-18(16)28)10-20-25(32)35-23(30-20)15-8-7-14(27)12-19(15)29/h3-12H,2H2,1H3/b20-10-. The summed E-state index contributed by atoms with van der Waals surface area (Å²) in [7, 11) is 0. The van der Waals surface area contributed by atoms with Gasteiger partial charge in [0.05, 0.1) is 32.3 Å². The Hall–Kier alpha value is -2.84. The molecule has 0 radical (unpaired) electrons. The summed E-state index contributed by atoms with van der Waals surface area (Å²) < 4.78 is 17.0. The van der Waals surface area contributed by atoms with E-state index in [2.05, 4.69) is 20.9 Å². The Morgan fingerprint density at radius 2 is 1.86 bits per heavy atom. The molecule has 35 heavy (non-hydrogen) atoms. The first-order valence-electron chi connectivity index (χ1n) is 10.2. The summed E-state index contributed by atoms with van der Waals surface area (Å²) >= 11 is 21.7. The third-order valence-corrected chi connectivity index (χ3v) is 6.17. The molecule has 0 aliphatic carbocycles. The van der Waals surface area contributed by atoms with Gasteiger partial charge in [0.2, 0.25) is 5.90 Å². The summed E-state index contributed by atoms with van der Waals surface area (Å²) in [6.45, 7) is 2.10. The van der Waals surface area contributed by atoms with E-state index in [0.717, 1.165) is 0 Å². The molecule has 0 spiro atoms. The first kappa shape index (κ1) is 25.3. The van der Waals surface area contributed by atoms with Crippen molar-refractivity contribution < 1.29 is 23.8 Å². The van der Waals surface area contributed by atoms with E-state index in [1.165, 1.54) is 12.1 Å². The van der Waals surface area contributed by atoms with Crippen LogP contribution in [-0.2, 0) is 9.53 Å². The number of halogens is 4. The van der Waals surface area contributed by atoms with Gasteiger partial charge in [-0.3, -0.25) is 0 Å². The topological polar surface area (TPSA) is 74.2 Å². The molecule has 0 amide bonds. The minimum absolute atomic E-state index is 0.0566. The number of rotatable bonds is 6. The van der Waals surface area contributed by atoms with Crippen LogP contribution < -0.4 is 9.47 Å². The Morgan fingerprint density at radius 3 is 2.57 bits per heavy atom. The maximum atomic E-state index is 12.7. The van der Waals surface area contributed by atoms with Crippen LogP contribution in [0.3, 0.4) is 0 Å². The van der Waals surface area contributed by atoms with E-state index in [4.69, 9.17) is 49.0 Å². The summed E-state index contributed by atoms with van der Waals surface area (Å²) in [4.78, 5) is 29.4. The van der Waals surface area contributed by atoms with Crippen LogP contribution in [0.5, 0.6) is 11.5 Å². The quantitative estimate of drug-likeness (QED) is 0.169. The number of benzene rings is 3. The number of aliphatic imine (C=N–C) groups is 1. The maximum Gasteiger partial charge on any atom is 0.363 e. The molecule has 1 heterocycles. The zero-order chi connectivity index (χ0) is 25.1. The monoisotopic (exact) mass is 593 g/mol. The summed E-state index contributed by atoms with van der Waals surface area (Å²) in [5.74, 6) is -0.765. The highest BCUT2D eigenvalue weighted by Crippen LogP contribution is 2.39. The summed E-state index contributed by atoms with van der Waals surface area (Å²) in [5, 5.41) is 1.02. The number of hydrogen-bond acceptors (Lipinski definition) is 6. The molecular weight excluding hydrogens is 581 g/mol. The average molecular weight is 596 g/mol. The lowest BCUT2D eigenvalue weighted by Crippen LogP contribution is -2.11. The van der Waals surface area contributed by atoms with E-state index >= 15 is 0 Å². The van der Waals surface area contributed by atoms with E-state index < -0.39 is 11.9 Å². The molecule has 178 valence electrons. The lowest BCUT2D eigenvalue weighted by Gasteiger charge is -2.14. The Labute approximate surface area is 224 Å². The first-order chi connectivity index (χ1) is 16.8. The largest absolute Gasteiger partial charge is 0.490 e. The molecule has 0 saturated carbocycles. The second kappa shape index (κ2) is 10.8. The van der Waals surface area contributed by atoms with Crippen LogP contribution in [0, 0.1) is 0 Å². The van der Waals surface area contributed by atoms with Gasteiger partial charge < -0.3 is 14.2 Å². The average Bonchev–Trinajstić information content (AvgIpc) is 3.16. The number of cyclic esters (lactones) is 1. The minimum Gasteiger partial charge on any atom is -0.490 e. The minimum atomic E-state index is -0.644. The van der Waals surface area contributed by atoms with E-state index in [-0.39, 0.29) is 33.7 Å². The molecular formula is C25H15BrCl3NO5. The van der Waals surface area contributed by atoms with Gasteiger partial charge in [0, 0.05) is 5.02 Å². The van der Waals surface area contributed by atoms with E-state index in [1.807, 2.05) is 0 Å². The van der Waals surface area contributed by atoms with Crippen LogP contribution in [0.2, 0.25) is 15.1 Å². The van der Waals surface area contributed by atoms with Gasteiger partial charge in [-0.15, -0.1) is 0 Å². The van der Waals surface area contributed by atoms with Crippen molar-refractivity contribution in [2.45, 2.75) is 6.92 Å². The molecule has 0 fully saturated rings. The van der Waals surface area contributed by atoms with Crippen LogP contribution in [0.1, 0.15) is 28.4 Å². The van der Waals surface area contributed by atoms with E-state index in [1.54, 1.807) is 55.5 Å². The number of nitrogens with zero attached hydrogens (tertiary/aromatic N) is 1. The molecule has 0 unspecified atom stereocenters. The van der Waals surface area contributed by atoms with Gasteiger partial charge in [-0.1, -0.05) is 46.9 Å². The van der Waals surface area contributed by atoms with Gasteiger partial charge in [-0.2, -0.15) is 0 Å². The number of hydrogen-bond donors (Lipinski definition) is 0. The third-order valence-electron chi connectivity index (χ3n) is 4.71. The van der Waals surface area contributed by atoms with Crippen LogP contribution in [0.15, 0.2) is 69.8 Å². The van der Waals surface area contributed by atoms with E-state index in [0.29, 0.717) is 32.3 Å². The van der Waals surface area contributed by atoms with Gasteiger partial charge in [-0.05, 0) is 77.0 Å². The zero-order valence-corrected chi connectivity index (χ0v) is 21.8. The Balaban J connectivity index is 1.67. The summed E-state index contributed by atoms with van der Waals surface area (Å²) in [6, 6.07) is 14.6. The summed E-state index contributed by atoms with van der Waals surface area (Å²) in [5.41, 5.74) is 1.26. The van der Waals surface area contributed by atoms with Crippen molar-refractivity contribution in [2.75, 3.05) is 6.61 Å². The normalized spacial score (nSPS) is 14.0. The number of ether oxygens (including phenoxy) is 3. The van der Waals surface area contributed by atoms with Crippen LogP contribution in [0.25, 0.3) is 6.08 Å². The Kier molecular flexibility index (Phi) is 7.82. The van der Waals surface area contributed by atoms with Crippen molar-refractivity contribution in [1.82, 2.24) is 0 Å². The van der Waals surface area contributed by atoms with Gasteiger partial charge in [0.25, 0.3) is 0 Å². The molecule has 0 N–H and O–H groups in total. The SMILES string of the molecule is CCOc1cc(/C=C2\N=C(c3ccc(Cl)cc3Cl)OC2=O)cc(Br)c1OC(=O)c1ccccc1Cl. The fraction of sp³-hybridized carbons (Fsp3) is 0.0800. The van der Waals surface area contributed by atoms with Crippen LogP contribution >= 0.6 is 50.7 Å². The van der Waals surface area contributed by atoms with Gasteiger partial charge in [0.15, 0.2) is 17.2 Å². The molecule has 0 bridgehead atoms. The van der Waals surface area contributed by atoms with Crippen molar-refractivity contribution in [1.29, 1.82) is 0 Å². The van der Waals surface area contributed by atoms with E-state index in [9.17, 15) is 9.59 Å². The molecule has 3 aromatic rings. The second-order valence-corrected chi connectivity index (χ2v) is 9.20. The van der Waals surface area contributed by atoms with Gasteiger partial charge in [0.1, 0.15) is 0 Å². The highest BCUT2D eigenvalue weighted by atomic mass is 79.9. The highest BCUT2D eigenvalue weighted by Gasteiger charge is 2.26. The lowest BCUT2D eigenvalue weighted by molar-refractivity contribution is -0.129. The fourth-order valence-electron chi connectivity index (χ4n) is 3.15. The van der Waals surface area contributed by atoms with Gasteiger partial charge >= 0.3 is 11.9 Å². The maximum absolute atomic E-state index is 12.7. The van der Waals surface area contributed by atoms with Crippen LogP contribution in [-0.4, -0.2) is 24.4 Å². The molecule has 0 saturated heterocycles. The molecule has 1 aliphatic rings. The van der Waals surface area contributed by atoms with Crippen molar-refractivity contribution >= 4 is 74.6 Å². The van der Waals surface area contributed by atoms with Crippen molar-refractivity contribution in [3.05, 3.63) is 96.5 Å². The smallest absolute Gasteiger partial charge is 0.363 e.